The number of thioether (sulfide) groups is 1. The molecular weight excluding hydrogens is 228 g/mol. The molecule has 0 bridgehead atoms. The fourth-order valence-electron chi connectivity index (χ4n) is 2.24. The van der Waals surface area contributed by atoms with E-state index in [-0.39, 0.29) is 4.75 Å². The second kappa shape index (κ2) is 4.62. The third-order valence-corrected chi connectivity index (χ3v) is 4.34. The highest BCUT2D eigenvalue weighted by atomic mass is 32.2. The van der Waals surface area contributed by atoms with Crippen LogP contribution in [-0.4, -0.2) is 23.6 Å². The summed E-state index contributed by atoms with van der Waals surface area (Å²) in [5.74, 6) is 1.13. The second-order valence-electron chi connectivity index (χ2n) is 5.16. The van der Waals surface area contributed by atoms with Gasteiger partial charge >= 0.3 is 0 Å². The van der Waals surface area contributed by atoms with Gasteiger partial charge in [0.2, 0.25) is 0 Å². The molecule has 1 saturated heterocycles. The SMILES string of the molecule is Cc1ccc(N2CCSC(C)(C)C2)c(C#N)c1. The fourth-order valence-corrected chi connectivity index (χ4v) is 3.35. The van der Waals surface area contributed by atoms with E-state index in [0.29, 0.717) is 0 Å². The van der Waals surface area contributed by atoms with Gasteiger partial charge < -0.3 is 4.90 Å². The minimum Gasteiger partial charge on any atom is -0.368 e. The summed E-state index contributed by atoms with van der Waals surface area (Å²) in [5, 5.41) is 9.22. The maximum Gasteiger partial charge on any atom is 0.101 e. The molecule has 0 unspecified atom stereocenters. The van der Waals surface area contributed by atoms with Gasteiger partial charge in [0, 0.05) is 23.6 Å². The highest BCUT2D eigenvalue weighted by Gasteiger charge is 2.28. The van der Waals surface area contributed by atoms with Gasteiger partial charge in [0.15, 0.2) is 0 Å². The fraction of sp³-hybridized carbons (Fsp3) is 0.500. The zero-order valence-corrected chi connectivity index (χ0v) is 11.5. The normalized spacial score (nSPS) is 18.8. The zero-order chi connectivity index (χ0) is 12.5. The molecule has 0 atom stereocenters. The van der Waals surface area contributed by atoms with E-state index >= 15 is 0 Å². The molecule has 1 heterocycles. The standard InChI is InChI=1S/C14H18N2S/c1-11-4-5-13(12(8-11)9-15)16-6-7-17-14(2,3)10-16/h4-5,8H,6-7,10H2,1-3H3. The average molecular weight is 246 g/mol. The predicted octanol–water partition coefficient (Wildman–Crippen LogP) is 3.20. The van der Waals surface area contributed by atoms with Crippen molar-refractivity contribution in [2.75, 3.05) is 23.7 Å². The first kappa shape index (κ1) is 12.3. The van der Waals surface area contributed by atoms with E-state index in [1.807, 2.05) is 24.8 Å². The van der Waals surface area contributed by atoms with E-state index in [4.69, 9.17) is 0 Å². The zero-order valence-electron chi connectivity index (χ0n) is 10.7. The third-order valence-electron chi connectivity index (χ3n) is 3.04. The molecule has 0 spiro atoms. The van der Waals surface area contributed by atoms with Crippen LogP contribution in [0.15, 0.2) is 18.2 Å². The van der Waals surface area contributed by atoms with Crippen molar-refractivity contribution < 1.29 is 0 Å². The van der Waals surface area contributed by atoms with Gasteiger partial charge in [-0.15, -0.1) is 0 Å². The Hall–Kier alpha value is -1.14. The molecule has 2 rings (SSSR count). The Kier molecular flexibility index (Phi) is 3.35. The van der Waals surface area contributed by atoms with Crippen LogP contribution in [0.1, 0.15) is 25.0 Å². The Morgan fingerprint density at radius 2 is 2.18 bits per heavy atom. The first-order valence-electron chi connectivity index (χ1n) is 5.91. The van der Waals surface area contributed by atoms with E-state index in [2.05, 4.69) is 36.9 Å². The summed E-state index contributed by atoms with van der Waals surface area (Å²) in [5.41, 5.74) is 3.04. The second-order valence-corrected chi connectivity index (χ2v) is 6.96. The number of aryl methyl sites for hydroxylation is 1. The monoisotopic (exact) mass is 246 g/mol. The van der Waals surface area contributed by atoms with Crippen LogP contribution in [0.3, 0.4) is 0 Å². The smallest absolute Gasteiger partial charge is 0.101 e. The molecular formula is C14H18N2S. The van der Waals surface area contributed by atoms with Crippen LogP contribution in [-0.2, 0) is 0 Å². The average Bonchev–Trinajstić information content (AvgIpc) is 2.27. The van der Waals surface area contributed by atoms with Crippen molar-refractivity contribution in [2.24, 2.45) is 0 Å². The van der Waals surface area contributed by atoms with E-state index in [1.165, 1.54) is 0 Å². The summed E-state index contributed by atoms with van der Waals surface area (Å²) in [6, 6.07) is 8.46. The number of hydrogen-bond acceptors (Lipinski definition) is 3. The van der Waals surface area contributed by atoms with Crippen LogP contribution >= 0.6 is 11.8 Å². The number of nitriles is 1. The van der Waals surface area contributed by atoms with Crippen LogP contribution in [0.5, 0.6) is 0 Å². The molecule has 3 heteroatoms. The van der Waals surface area contributed by atoms with Crippen molar-refractivity contribution in [1.29, 1.82) is 5.26 Å². The van der Waals surface area contributed by atoms with Crippen LogP contribution in [0.2, 0.25) is 0 Å². The minimum atomic E-state index is 0.274. The first-order chi connectivity index (χ1) is 8.02. The molecule has 0 amide bonds. The number of benzene rings is 1. The van der Waals surface area contributed by atoms with Gasteiger partial charge in [-0.05, 0) is 38.5 Å². The van der Waals surface area contributed by atoms with Gasteiger partial charge in [-0.2, -0.15) is 17.0 Å². The lowest BCUT2D eigenvalue weighted by molar-refractivity contribution is 0.647. The molecule has 0 aliphatic carbocycles. The van der Waals surface area contributed by atoms with Crippen LogP contribution in [0.4, 0.5) is 5.69 Å². The molecule has 1 aromatic rings. The maximum absolute atomic E-state index is 9.22. The number of anilines is 1. The lowest BCUT2D eigenvalue weighted by Gasteiger charge is -2.39. The number of nitrogens with zero attached hydrogens (tertiary/aromatic N) is 2. The summed E-state index contributed by atoms with van der Waals surface area (Å²) < 4.78 is 0.274. The minimum absolute atomic E-state index is 0.274. The molecule has 0 saturated carbocycles. The molecule has 17 heavy (non-hydrogen) atoms. The molecule has 2 nitrogen and oxygen atoms in total. The van der Waals surface area contributed by atoms with Crippen molar-refractivity contribution in [1.82, 2.24) is 0 Å². The molecule has 1 aliphatic rings. The highest BCUT2D eigenvalue weighted by molar-refractivity contribution is 8.00. The van der Waals surface area contributed by atoms with E-state index in [1.54, 1.807) is 0 Å². The Labute approximate surface area is 108 Å². The van der Waals surface area contributed by atoms with E-state index in [9.17, 15) is 5.26 Å². The van der Waals surface area contributed by atoms with Crippen LogP contribution in [0.25, 0.3) is 0 Å². The van der Waals surface area contributed by atoms with Gasteiger partial charge in [-0.25, -0.2) is 0 Å². The Bertz CT molecular complexity index is 460. The molecule has 1 fully saturated rings. The van der Waals surface area contributed by atoms with Crippen molar-refractivity contribution in [3.63, 3.8) is 0 Å². The van der Waals surface area contributed by atoms with Gasteiger partial charge in [0.25, 0.3) is 0 Å². The van der Waals surface area contributed by atoms with E-state index in [0.717, 1.165) is 35.7 Å². The quantitative estimate of drug-likeness (QED) is 0.761. The molecule has 0 aromatic heterocycles. The van der Waals surface area contributed by atoms with Gasteiger partial charge in [-0.3, -0.25) is 0 Å². The largest absolute Gasteiger partial charge is 0.368 e. The first-order valence-corrected chi connectivity index (χ1v) is 6.90. The summed E-state index contributed by atoms with van der Waals surface area (Å²) in [7, 11) is 0. The number of hydrogen-bond donors (Lipinski definition) is 0. The van der Waals surface area contributed by atoms with E-state index < -0.39 is 0 Å². The summed E-state index contributed by atoms with van der Waals surface area (Å²) in [4.78, 5) is 2.34. The molecule has 1 aliphatic heterocycles. The van der Waals surface area contributed by atoms with Crippen molar-refractivity contribution in [3.8, 4) is 6.07 Å². The summed E-state index contributed by atoms with van der Waals surface area (Å²) in [6.45, 7) is 8.61. The Morgan fingerprint density at radius 1 is 1.41 bits per heavy atom. The van der Waals surface area contributed by atoms with Crippen LogP contribution in [0, 0.1) is 18.3 Å². The Balaban J connectivity index is 2.31. The van der Waals surface area contributed by atoms with Gasteiger partial charge in [-0.1, -0.05) is 6.07 Å². The summed E-state index contributed by atoms with van der Waals surface area (Å²) in [6.07, 6.45) is 0. The molecule has 1 aromatic carbocycles. The predicted molar refractivity (Wildman–Crippen MR) is 74.6 cm³/mol. The Morgan fingerprint density at radius 3 is 2.82 bits per heavy atom. The lowest BCUT2D eigenvalue weighted by Crippen LogP contribution is -2.43. The topological polar surface area (TPSA) is 27.0 Å². The van der Waals surface area contributed by atoms with Gasteiger partial charge in [0.1, 0.15) is 6.07 Å². The lowest BCUT2D eigenvalue weighted by atomic mass is 10.1. The van der Waals surface area contributed by atoms with Crippen LogP contribution < -0.4 is 4.90 Å². The van der Waals surface area contributed by atoms with Crippen molar-refractivity contribution >= 4 is 17.4 Å². The summed E-state index contributed by atoms with van der Waals surface area (Å²) >= 11 is 2.01. The maximum atomic E-state index is 9.22. The highest BCUT2D eigenvalue weighted by Crippen LogP contribution is 2.33. The molecule has 0 radical (unpaired) electrons. The molecule has 90 valence electrons. The number of rotatable bonds is 1. The van der Waals surface area contributed by atoms with Gasteiger partial charge in [0.05, 0.1) is 11.3 Å². The van der Waals surface area contributed by atoms with Crippen molar-refractivity contribution in [3.05, 3.63) is 29.3 Å². The molecule has 0 N–H and O–H groups in total. The third kappa shape index (κ3) is 2.76. The van der Waals surface area contributed by atoms with Crippen molar-refractivity contribution in [2.45, 2.75) is 25.5 Å².